The molecule has 0 bridgehead atoms. The summed E-state index contributed by atoms with van der Waals surface area (Å²) in [5.74, 6) is 1.37. The highest BCUT2D eigenvalue weighted by atomic mass is 16.5. The first-order valence-electron chi connectivity index (χ1n) is 11.3. The van der Waals surface area contributed by atoms with Gasteiger partial charge in [-0.05, 0) is 51.3 Å². The Bertz CT molecular complexity index is 803. The van der Waals surface area contributed by atoms with Gasteiger partial charge in [0.2, 0.25) is 0 Å². The number of rotatable bonds is 13. The number of nitrogens with one attached hydrogen (secondary N) is 1. The predicted molar refractivity (Wildman–Crippen MR) is 121 cm³/mol. The Morgan fingerprint density at radius 2 is 1.87 bits per heavy atom. The molecule has 170 valence electrons. The molecule has 1 heterocycles. The molecule has 1 unspecified atom stereocenters. The minimum atomic E-state index is -0.378. The lowest BCUT2D eigenvalue weighted by molar-refractivity contribution is -0.907. The molecular weight excluding hydrogens is 392 g/mol. The molecule has 0 aliphatic heterocycles. The van der Waals surface area contributed by atoms with E-state index in [9.17, 15) is 9.59 Å². The van der Waals surface area contributed by atoms with Crippen molar-refractivity contribution < 1.29 is 23.6 Å². The number of nitrogens with zero attached hydrogens (tertiary/aromatic N) is 1. The summed E-state index contributed by atoms with van der Waals surface area (Å²) < 4.78 is 10.9. The van der Waals surface area contributed by atoms with E-state index in [-0.39, 0.29) is 24.5 Å². The van der Waals surface area contributed by atoms with E-state index in [2.05, 4.69) is 19.1 Å². The van der Waals surface area contributed by atoms with E-state index < -0.39 is 0 Å². The average molecular weight is 430 g/mol. The normalized spacial score (nSPS) is 12.9. The highest BCUT2D eigenvalue weighted by Gasteiger charge is 2.30. The van der Waals surface area contributed by atoms with Gasteiger partial charge in [0, 0.05) is 6.54 Å². The summed E-state index contributed by atoms with van der Waals surface area (Å²) in [4.78, 5) is 28.5. The summed E-state index contributed by atoms with van der Waals surface area (Å²) in [6.45, 7) is 10.0. The number of unbranched alkanes of at least 4 members (excludes halogenated alkanes) is 1. The number of ether oxygens (including phenoxy) is 1. The first kappa shape index (κ1) is 24.7. The summed E-state index contributed by atoms with van der Waals surface area (Å²) in [6.07, 6.45) is 2.73. The van der Waals surface area contributed by atoms with Crippen LogP contribution in [0.15, 0.2) is 46.9 Å². The minimum Gasteiger partial charge on any atom is -0.464 e. The number of benzene rings is 1. The Labute approximate surface area is 186 Å². The number of amides is 1. The highest BCUT2D eigenvalue weighted by Crippen LogP contribution is 2.11. The van der Waals surface area contributed by atoms with Crippen LogP contribution < -0.4 is 4.90 Å². The van der Waals surface area contributed by atoms with Crippen LogP contribution in [0.25, 0.3) is 0 Å². The van der Waals surface area contributed by atoms with Crippen LogP contribution in [0.5, 0.6) is 0 Å². The van der Waals surface area contributed by atoms with Crippen molar-refractivity contribution in [1.29, 1.82) is 0 Å². The lowest BCUT2D eigenvalue weighted by Crippen LogP contribution is -3.17. The Kier molecular flexibility index (Phi) is 10.3. The van der Waals surface area contributed by atoms with Crippen molar-refractivity contribution >= 4 is 11.9 Å². The van der Waals surface area contributed by atoms with Crippen molar-refractivity contribution in [1.82, 2.24) is 4.90 Å². The first-order chi connectivity index (χ1) is 14.9. The second-order valence-electron chi connectivity index (χ2n) is 7.98. The SMILES string of the molecule is CCCC[NH+](CC(=O)N(CCc1ccccc1)Cc1ccc(C)o1)[C@H](C)C(=O)OCC. The fourth-order valence-electron chi connectivity index (χ4n) is 3.56. The van der Waals surface area contributed by atoms with Gasteiger partial charge in [0.1, 0.15) is 11.5 Å². The lowest BCUT2D eigenvalue weighted by Gasteiger charge is -2.28. The van der Waals surface area contributed by atoms with Crippen LogP contribution >= 0.6 is 0 Å². The maximum atomic E-state index is 13.3. The van der Waals surface area contributed by atoms with E-state index in [1.807, 2.05) is 49.1 Å². The largest absolute Gasteiger partial charge is 0.464 e. The monoisotopic (exact) mass is 429 g/mol. The van der Waals surface area contributed by atoms with Crippen LogP contribution in [-0.4, -0.2) is 49.1 Å². The third kappa shape index (κ3) is 8.21. The number of carbonyl (C=O) groups is 2. The molecule has 1 aromatic carbocycles. The Morgan fingerprint density at radius 1 is 1.13 bits per heavy atom. The first-order valence-corrected chi connectivity index (χ1v) is 11.3. The molecule has 0 aliphatic carbocycles. The summed E-state index contributed by atoms with van der Waals surface area (Å²) >= 11 is 0. The fourth-order valence-corrected chi connectivity index (χ4v) is 3.56. The Balaban J connectivity index is 2.12. The predicted octanol–water partition coefficient (Wildman–Crippen LogP) is 2.80. The van der Waals surface area contributed by atoms with Crippen molar-refractivity contribution in [3.05, 3.63) is 59.5 Å². The van der Waals surface area contributed by atoms with Gasteiger partial charge in [0.25, 0.3) is 5.91 Å². The molecule has 2 aromatic rings. The number of carbonyl (C=O) groups excluding carboxylic acids is 2. The van der Waals surface area contributed by atoms with Gasteiger partial charge >= 0.3 is 5.97 Å². The van der Waals surface area contributed by atoms with E-state index >= 15 is 0 Å². The molecule has 2 atom stereocenters. The maximum absolute atomic E-state index is 13.3. The zero-order valence-electron chi connectivity index (χ0n) is 19.4. The zero-order valence-corrected chi connectivity index (χ0v) is 19.4. The summed E-state index contributed by atoms with van der Waals surface area (Å²) in [6, 6.07) is 13.6. The van der Waals surface area contributed by atoms with E-state index in [4.69, 9.17) is 9.15 Å². The van der Waals surface area contributed by atoms with Gasteiger partial charge in [-0.25, -0.2) is 4.79 Å². The van der Waals surface area contributed by atoms with Gasteiger partial charge in [0.15, 0.2) is 12.6 Å². The number of esters is 1. The summed E-state index contributed by atoms with van der Waals surface area (Å²) in [5.41, 5.74) is 1.19. The minimum absolute atomic E-state index is 0.0206. The van der Waals surface area contributed by atoms with Crippen LogP contribution in [0.2, 0.25) is 0 Å². The molecule has 6 nitrogen and oxygen atoms in total. The van der Waals surface area contributed by atoms with Crippen LogP contribution in [-0.2, 0) is 27.3 Å². The van der Waals surface area contributed by atoms with Crippen LogP contribution in [0.3, 0.4) is 0 Å². The third-order valence-electron chi connectivity index (χ3n) is 5.49. The quantitative estimate of drug-likeness (QED) is 0.498. The Morgan fingerprint density at radius 3 is 2.48 bits per heavy atom. The van der Waals surface area contributed by atoms with Gasteiger partial charge in [-0.1, -0.05) is 43.7 Å². The molecule has 1 aromatic heterocycles. The van der Waals surface area contributed by atoms with Gasteiger partial charge in [-0.15, -0.1) is 0 Å². The molecule has 0 radical (unpaired) electrons. The molecule has 0 aliphatic rings. The van der Waals surface area contributed by atoms with Gasteiger partial charge in [-0.3, -0.25) is 4.79 Å². The summed E-state index contributed by atoms with van der Waals surface area (Å²) in [5, 5.41) is 0. The third-order valence-corrected chi connectivity index (χ3v) is 5.49. The number of hydrogen-bond donors (Lipinski definition) is 1. The van der Waals surface area contributed by atoms with Crippen LogP contribution in [0, 0.1) is 6.92 Å². The molecule has 31 heavy (non-hydrogen) atoms. The van der Waals surface area contributed by atoms with Crippen molar-refractivity contribution in [2.24, 2.45) is 0 Å². The molecule has 1 amide bonds. The second kappa shape index (κ2) is 13.0. The maximum Gasteiger partial charge on any atom is 0.364 e. The highest BCUT2D eigenvalue weighted by molar-refractivity contribution is 5.78. The number of furan rings is 1. The summed E-state index contributed by atoms with van der Waals surface area (Å²) in [7, 11) is 0. The van der Waals surface area contributed by atoms with Crippen LogP contribution in [0.1, 0.15) is 50.7 Å². The standard InChI is InChI=1S/C25H36N2O4/c1-5-7-16-26(21(4)25(29)30-6-2)19-24(28)27(18-23-14-13-20(3)31-23)17-15-22-11-9-8-10-12-22/h8-14,21H,5-7,15-19H2,1-4H3/p+1/t21-/m1/s1. The van der Waals surface area contributed by atoms with E-state index in [1.165, 1.54) is 5.56 Å². The van der Waals surface area contributed by atoms with E-state index in [1.54, 1.807) is 6.92 Å². The number of hydrogen-bond acceptors (Lipinski definition) is 4. The average Bonchev–Trinajstić information content (AvgIpc) is 3.18. The smallest absolute Gasteiger partial charge is 0.364 e. The van der Waals surface area contributed by atoms with Crippen molar-refractivity contribution in [2.75, 3.05) is 26.2 Å². The van der Waals surface area contributed by atoms with Crippen molar-refractivity contribution in [3.63, 3.8) is 0 Å². The number of aryl methyl sites for hydroxylation is 1. The van der Waals surface area contributed by atoms with Crippen molar-refractivity contribution in [3.8, 4) is 0 Å². The molecule has 1 N–H and O–H groups in total. The molecule has 0 saturated carbocycles. The topological polar surface area (TPSA) is 64.2 Å². The molecule has 0 fully saturated rings. The zero-order chi connectivity index (χ0) is 22.6. The molecule has 2 rings (SSSR count). The van der Waals surface area contributed by atoms with Gasteiger partial charge in [-0.2, -0.15) is 0 Å². The molecule has 0 saturated heterocycles. The fraction of sp³-hybridized carbons (Fsp3) is 0.520. The second-order valence-corrected chi connectivity index (χ2v) is 7.98. The Hall–Kier alpha value is -2.60. The van der Waals surface area contributed by atoms with Gasteiger partial charge in [0.05, 0.1) is 19.7 Å². The van der Waals surface area contributed by atoms with Gasteiger partial charge < -0.3 is 19.0 Å². The molecule has 6 heteroatoms. The number of quaternary nitrogens is 1. The van der Waals surface area contributed by atoms with Crippen molar-refractivity contribution in [2.45, 2.75) is 59.5 Å². The lowest BCUT2D eigenvalue weighted by atomic mass is 10.1. The molecular formula is C25H37N2O4+. The van der Waals surface area contributed by atoms with E-state index in [0.29, 0.717) is 19.7 Å². The molecule has 0 spiro atoms. The van der Waals surface area contributed by atoms with E-state index in [0.717, 1.165) is 42.2 Å². The van der Waals surface area contributed by atoms with Crippen LogP contribution in [0.4, 0.5) is 0 Å².